The molecule has 27 heavy (non-hydrogen) atoms. The third-order valence-corrected chi connectivity index (χ3v) is 4.24. The highest BCUT2D eigenvalue weighted by Crippen LogP contribution is 2.18. The summed E-state index contributed by atoms with van der Waals surface area (Å²) in [5.74, 6) is -1.99. The summed E-state index contributed by atoms with van der Waals surface area (Å²) in [6.45, 7) is 2.12. The average molecular weight is 358 g/mol. The van der Waals surface area contributed by atoms with Crippen molar-refractivity contribution in [3.8, 4) is 0 Å². The first-order valence-corrected chi connectivity index (χ1v) is 8.40. The highest BCUT2D eigenvalue weighted by atomic mass is 16.4. The fourth-order valence-corrected chi connectivity index (χ4v) is 2.82. The molecule has 0 aliphatic heterocycles. The van der Waals surface area contributed by atoms with Crippen molar-refractivity contribution in [2.24, 2.45) is 0 Å². The second-order valence-corrected chi connectivity index (χ2v) is 6.24. The van der Waals surface area contributed by atoms with Gasteiger partial charge in [-0.05, 0) is 52.7 Å². The molecule has 0 fully saturated rings. The third kappa shape index (κ3) is 4.30. The van der Waals surface area contributed by atoms with Gasteiger partial charge in [0.25, 0.3) is 0 Å². The molecule has 0 bridgehead atoms. The van der Waals surface area contributed by atoms with Crippen LogP contribution in [0.2, 0.25) is 0 Å². The van der Waals surface area contributed by atoms with Crippen LogP contribution in [0.5, 0.6) is 0 Å². The van der Waals surface area contributed by atoms with Crippen molar-refractivity contribution >= 4 is 33.5 Å². The van der Waals surface area contributed by atoms with Gasteiger partial charge in [0, 0.05) is 0 Å². The summed E-state index contributed by atoms with van der Waals surface area (Å²) >= 11 is 0. The smallest absolute Gasteiger partial charge is 0.335 e. The fourth-order valence-electron chi connectivity index (χ4n) is 2.82. The second-order valence-electron chi connectivity index (χ2n) is 6.24. The summed E-state index contributed by atoms with van der Waals surface area (Å²) < 4.78 is 0. The van der Waals surface area contributed by atoms with Gasteiger partial charge in [0.2, 0.25) is 0 Å². The van der Waals surface area contributed by atoms with Gasteiger partial charge in [0.1, 0.15) is 0 Å². The number of fused-ring (bicyclic) bond motifs is 2. The minimum Gasteiger partial charge on any atom is -0.478 e. The molecule has 0 aromatic heterocycles. The molecule has 134 valence electrons. The Morgan fingerprint density at radius 1 is 0.593 bits per heavy atom. The standard InChI is InChI=1S/C12H8O4.C11H10/c13-11(14)9-3-1-7-5-10(12(15)16)4-2-8(7)6-9;1-9-6-7-10-4-2-3-5-11(10)8-9/h1-6H,(H,13,14)(H,15,16);2-8H,1H3. The van der Waals surface area contributed by atoms with Gasteiger partial charge in [0.15, 0.2) is 0 Å². The van der Waals surface area contributed by atoms with Crippen molar-refractivity contribution in [2.75, 3.05) is 0 Å². The number of rotatable bonds is 2. The molecule has 0 saturated heterocycles. The van der Waals surface area contributed by atoms with Crippen LogP contribution >= 0.6 is 0 Å². The van der Waals surface area contributed by atoms with Gasteiger partial charge in [0.05, 0.1) is 11.1 Å². The number of carboxylic acids is 2. The van der Waals surface area contributed by atoms with Gasteiger partial charge in [-0.1, -0.05) is 60.2 Å². The Balaban J connectivity index is 0.000000166. The number of aryl methyl sites for hydroxylation is 1. The monoisotopic (exact) mass is 358 g/mol. The van der Waals surface area contributed by atoms with Crippen LogP contribution in [-0.4, -0.2) is 22.2 Å². The summed E-state index contributed by atoms with van der Waals surface area (Å²) in [4.78, 5) is 21.5. The molecule has 4 nitrogen and oxygen atoms in total. The van der Waals surface area contributed by atoms with Crippen LogP contribution in [-0.2, 0) is 0 Å². The van der Waals surface area contributed by atoms with E-state index in [9.17, 15) is 9.59 Å². The van der Waals surface area contributed by atoms with Crippen LogP contribution < -0.4 is 0 Å². The van der Waals surface area contributed by atoms with Crippen molar-refractivity contribution in [1.82, 2.24) is 0 Å². The molecule has 0 unspecified atom stereocenters. The molecule has 4 aromatic rings. The number of carboxylic acid groups (broad SMARTS) is 2. The maximum Gasteiger partial charge on any atom is 0.335 e. The number of hydrogen-bond donors (Lipinski definition) is 2. The molecule has 2 N–H and O–H groups in total. The minimum absolute atomic E-state index is 0.190. The van der Waals surface area contributed by atoms with Gasteiger partial charge >= 0.3 is 11.9 Å². The largest absolute Gasteiger partial charge is 0.478 e. The highest BCUT2D eigenvalue weighted by Gasteiger charge is 2.06. The van der Waals surface area contributed by atoms with E-state index in [-0.39, 0.29) is 11.1 Å². The zero-order valence-corrected chi connectivity index (χ0v) is 14.7. The van der Waals surface area contributed by atoms with Gasteiger partial charge in [-0.25, -0.2) is 9.59 Å². The van der Waals surface area contributed by atoms with Crippen molar-refractivity contribution in [2.45, 2.75) is 6.92 Å². The van der Waals surface area contributed by atoms with Gasteiger partial charge in [-0.3, -0.25) is 0 Å². The lowest BCUT2D eigenvalue weighted by Gasteiger charge is -2.01. The Bertz CT molecular complexity index is 1090. The summed E-state index contributed by atoms with van der Waals surface area (Å²) in [6.07, 6.45) is 0. The van der Waals surface area contributed by atoms with Crippen molar-refractivity contribution in [3.05, 3.63) is 95.6 Å². The molecule has 0 radical (unpaired) electrons. The molecule has 0 saturated carbocycles. The molecule has 4 heteroatoms. The zero-order valence-electron chi connectivity index (χ0n) is 14.7. The quantitative estimate of drug-likeness (QED) is 0.504. The van der Waals surface area contributed by atoms with Crippen LogP contribution in [0.4, 0.5) is 0 Å². The SMILES string of the molecule is Cc1ccc2ccccc2c1.O=C(O)c1ccc2cc(C(=O)O)ccc2c1. The molecule has 0 atom stereocenters. The summed E-state index contributed by atoms with van der Waals surface area (Å²) in [7, 11) is 0. The third-order valence-electron chi connectivity index (χ3n) is 4.24. The first-order chi connectivity index (χ1) is 12.9. The number of aromatic carboxylic acids is 2. The maximum absolute atomic E-state index is 10.7. The predicted octanol–water partition coefficient (Wildman–Crippen LogP) is 5.38. The second kappa shape index (κ2) is 7.70. The van der Waals surface area contributed by atoms with E-state index in [1.807, 2.05) is 0 Å². The molecule has 0 aliphatic rings. The van der Waals surface area contributed by atoms with E-state index in [1.54, 1.807) is 12.1 Å². The van der Waals surface area contributed by atoms with Crippen molar-refractivity contribution in [1.29, 1.82) is 0 Å². The number of hydrogen-bond acceptors (Lipinski definition) is 2. The molecule has 0 spiro atoms. The Labute approximate surface area is 156 Å². The zero-order chi connectivity index (χ0) is 19.4. The van der Waals surface area contributed by atoms with E-state index in [0.29, 0.717) is 10.8 Å². The van der Waals surface area contributed by atoms with E-state index >= 15 is 0 Å². The van der Waals surface area contributed by atoms with E-state index in [1.165, 1.54) is 40.6 Å². The van der Waals surface area contributed by atoms with Gasteiger partial charge < -0.3 is 10.2 Å². The first kappa shape index (κ1) is 18.1. The van der Waals surface area contributed by atoms with Gasteiger partial charge in [-0.2, -0.15) is 0 Å². The molecular formula is C23H18O4. The molecule has 0 heterocycles. The average Bonchev–Trinajstić information content (AvgIpc) is 2.67. The molecule has 4 rings (SSSR count). The van der Waals surface area contributed by atoms with Crippen LogP contribution in [0.25, 0.3) is 21.5 Å². The lowest BCUT2D eigenvalue weighted by molar-refractivity contribution is 0.0686. The molecule has 0 aliphatic carbocycles. The molecule has 4 aromatic carbocycles. The van der Waals surface area contributed by atoms with E-state index < -0.39 is 11.9 Å². The van der Waals surface area contributed by atoms with E-state index in [0.717, 1.165) is 0 Å². The van der Waals surface area contributed by atoms with Crippen LogP contribution in [0.15, 0.2) is 78.9 Å². The minimum atomic E-state index is -0.996. The van der Waals surface area contributed by atoms with Crippen molar-refractivity contribution in [3.63, 3.8) is 0 Å². The van der Waals surface area contributed by atoms with Crippen LogP contribution in [0.1, 0.15) is 26.3 Å². The van der Waals surface area contributed by atoms with Crippen LogP contribution in [0.3, 0.4) is 0 Å². The highest BCUT2D eigenvalue weighted by molar-refractivity contribution is 5.98. The Kier molecular flexibility index (Phi) is 5.18. The van der Waals surface area contributed by atoms with Crippen LogP contribution in [0, 0.1) is 6.92 Å². The summed E-state index contributed by atoms with van der Waals surface area (Å²) in [5.41, 5.74) is 1.70. The lowest BCUT2D eigenvalue weighted by Crippen LogP contribution is -1.97. The molecular weight excluding hydrogens is 340 g/mol. The fraction of sp³-hybridized carbons (Fsp3) is 0.0435. The Hall–Kier alpha value is -3.66. The van der Waals surface area contributed by atoms with E-state index in [2.05, 4.69) is 49.4 Å². The van der Waals surface area contributed by atoms with Gasteiger partial charge in [-0.15, -0.1) is 0 Å². The predicted molar refractivity (Wildman–Crippen MR) is 107 cm³/mol. The summed E-state index contributed by atoms with van der Waals surface area (Å²) in [6, 6.07) is 24.1. The first-order valence-electron chi connectivity index (χ1n) is 8.40. The maximum atomic E-state index is 10.7. The topological polar surface area (TPSA) is 74.6 Å². The Morgan fingerprint density at radius 3 is 1.56 bits per heavy atom. The van der Waals surface area contributed by atoms with Crippen molar-refractivity contribution < 1.29 is 19.8 Å². The molecule has 0 amide bonds. The normalized spacial score (nSPS) is 10.3. The number of benzene rings is 4. The Morgan fingerprint density at radius 2 is 1.04 bits per heavy atom. The lowest BCUT2D eigenvalue weighted by atomic mass is 10.0. The van der Waals surface area contributed by atoms with E-state index in [4.69, 9.17) is 10.2 Å². The summed E-state index contributed by atoms with van der Waals surface area (Å²) in [5, 5.41) is 21.7. The number of carbonyl (C=O) groups is 2.